The fourth-order valence-corrected chi connectivity index (χ4v) is 2.30. The Morgan fingerprint density at radius 3 is 2.57 bits per heavy atom. The van der Waals surface area contributed by atoms with Gasteiger partial charge in [-0.3, -0.25) is 0 Å². The van der Waals surface area contributed by atoms with Gasteiger partial charge in [-0.1, -0.05) is 24.2 Å². The van der Waals surface area contributed by atoms with E-state index in [9.17, 15) is 8.78 Å². The molecule has 78 valence electrons. The molecule has 0 amide bonds. The lowest BCUT2D eigenvalue weighted by atomic mass is 10.3. The van der Waals surface area contributed by atoms with Gasteiger partial charge < -0.3 is 5.32 Å². The summed E-state index contributed by atoms with van der Waals surface area (Å²) >= 11 is 0.944. The van der Waals surface area contributed by atoms with E-state index in [0.29, 0.717) is 11.2 Å². The maximum absolute atomic E-state index is 12.2. The van der Waals surface area contributed by atoms with Crippen LogP contribution in [0.2, 0.25) is 0 Å². The molecule has 0 bridgehead atoms. The van der Waals surface area contributed by atoms with Gasteiger partial charge in [-0.05, 0) is 12.8 Å². The minimum absolute atomic E-state index is 0.203. The monoisotopic (exact) mass is 219 g/mol. The second kappa shape index (κ2) is 4.16. The SMILES string of the molecule is FC(F)c1nnc(NC2CCCC2)s1. The van der Waals surface area contributed by atoms with Crippen molar-refractivity contribution in [3.05, 3.63) is 5.01 Å². The topological polar surface area (TPSA) is 37.8 Å². The molecule has 0 aromatic carbocycles. The van der Waals surface area contributed by atoms with Gasteiger partial charge >= 0.3 is 0 Å². The van der Waals surface area contributed by atoms with Gasteiger partial charge in [0, 0.05) is 6.04 Å². The summed E-state index contributed by atoms with van der Waals surface area (Å²) < 4.78 is 24.3. The van der Waals surface area contributed by atoms with Crippen LogP contribution in [0.15, 0.2) is 0 Å². The third-order valence-corrected chi connectivity index (χ3v) is 3.17. The molecule has 1 aliphatic rings. The highest BCUT2D eigenvalue weighted by Gasteiger charge is 2.18. The van der Waals surface area contributed by atoms with Gasteiger partial charge in [0.2, 0.25) is 5.13 Å². The molecule has 1 fully saturated rings. The molecule has 3 nitrogen and oxygen atoms in total. The van der Waals surface area contributed by atoms with E-state index in [1.807, 2.05) is 0 Å². The van der Waals surface area contributed by atoms with Crippen LogP contribution in [-0.4, -0.2) is 16.2 Å². The standard InChI is InChI=1S/C8H11F2N3S/c9-6(10)7-12-13-8(14-7)11-5-3-1-2-4-5/h5-6H,1-4H2,(H,11,13). The molecular formula is C8H11F2N3S. The molecule has 2 rings (SSSR count). The Hall–Kier alpha value is -0.780. The van der Waals surface area contributed by atoms with Crippen LogP contribution in [0.5, 0.6) is 0 Å². The Labute approximate surface area is 84.5 Å². The zero-order valence-electron chi connectivity index (χ0n) is 7.54. The predicted octanol–water partition coefficient (Wildman–Crippen LogP) is 2.83. The molecule has 1 aromatic rings. The van der Waals surface area contributed by atoms with Crippen LogP contribution in [0.3, 0.4) is 0 Å². The lowest BCUT2D eigenvalue weighted by molar-refractivity contribution is 0.150. The third kappa shape index (κ3) is 2.17. The number of hydrogen-bond donors (Lipinski definition) is 1. The quantitative estimate of drug-likeness (QED) is 0.849. The highest BCUT2D eigenvalue weighted by atomic mass is 32.1. The summed E-state index contributed by atoms with van der Waals surface area (Å²) in [5.41, 5.74) is 0. The van der Waals surface area contributed by atoms with Gasteiger partial charge in [0.15, 0.2) is 5.01 Å². The van der Waals surface area contributed by atoms with Crippen molar-refractivity contribution in [1.29, 1.82) is 0 Å². The zero-order chi connectivity index (χ0) is 9.97. The van der Waals surface area contributed by atoms with Crippen molar-refractivity contribution in [3.8, 4) is 0 Å². The largest absolute Gasteiger partial charge is 0.357 e. The van der Waals surface area contributed by atoms with Crippen molar-refractivity contribution in [2.24, 2.45) is 0 Å². The Morgan fingerprint density at radius 2 is 2.00 bits per heavy atom. The van der Waals surface area contributed by atoms with Crippen LogP contribution in [-0.2, 0) is 0 Å². The summed E-state index contributed by atoms with van der Waals surface area (Å²) in [4.78, 5) is 0. The molecule has 0 radical (unpaired) electrons. The smallest absolute Gasteiger partial charge is 0.291 e. The van der Waals surface area contributed by atoms with E-state index in [4.69, 9.17) is 0 Å². The van der Waals surface area contributed by atoms with E-state index < -0.39 is 6.43 Å². The van der Waals surface area contributed by atoms with Gasteiger partial charge in [0.1, 0.15) is 0 Å². The molecule has 6 heteroatoms. The average molecular weight is 219 g/mol. The molecule has 1 heterocycles. The normalized spacial score (nSPS) is 17.9. The highest BCUT2D eigenvalue weighted by molar-refractivity contribution is 7.15. The van der Waals surface area contributed by atoms with Crippen molar-refractivity contribution in [1.82, 2.24) is 10.2 Å². The summed E-state index contributed by atoms with van der Waals surface area (Å²) in [6.45, 7) is 0. The van der Waals surface area contributed by atoms with Gasteiger partial charge in [0.05, 0.1) is 0 Å². The molecule has 0 spiro atoms. The van der Waals surface area contributed by atoms with Crippen molar-refractivity contribution in [3.63, 3.8) is 0 Å². The number of nitrogens with zero attached hydrogens (tertiary/aromatic N) is 2. The molecule has 1 aliphatic carbocycles. The van der Waals surface area contributed by atoms with Crippen LogP contribution in [0.25, 0.3) is 0 Å². The minimum atomic E-state index is -2.51. The van der Waals surface area contributed by atoms with Crippen LogP contribution < -0.4 is 5.32 Å². The van der Waals surface area contributed by atoms with Crippen LogP contribution in [0.4, 0.5) is 13.9 Å². The zero-order valence-corrected chi connectivity index (χ0v) is 8.36. The molecule has 1 saturated carbocycles. The number of rotatable bonds is 3. The first-order valence-corrected chi connectivity index (χ1v) is 5.45. The van der Waals surface area contributed by atoms with Crippen molar-refractivity contribution in [2.45, 2.75) is 38.2 Å². The third-order valence-electron chi connectivity index (χ3n) is 2.31. The van der Waals surface area contributed by atoms with Gasteiger partial charge in [-0.2, -0.15) is 0 Å². The van der Waals surface area contributed by atoms with Crippen LogP contribution >= 0.6 is 11.3 Å². The molecule has 1 aromatic heterocycles. The van der Waals surface area contributed by atoms with E-state index in [-0.39, 0.29) is 5.01 Å². The lowest BCUT2D eigenvalue weighted by Gasteiger charge is -2.08. The Bertz CT molecular complexity index is 297. The first-order chi connectivity index (χ1) is 6.75. The number of nitrogens with one attached hydrogen (secondary N) is 1. The van der Waals surface area contributed by atoms with Crippen LogP contribution in [0.1, 0.15) is 37.1 Å². The first kappa shape index (κ1) is 9.76. The number of alkyl halides is 2. The fraction of sp³-hybridized carbons (Fsp3) is 0.750. The predicted molar refractivity (Wildman–Crippen MR) is 50.7 cm³/mol. The van der Waals surface area contributed by atoms with Gasteiger partial charge in [-0.25, -0.2) is 8.78 Å². The minimum Gasteiger partial charge on any atom is -0.357 e. The summed E-state index contributed by atoms with van der Waals surface area (Å²) in [5.74, 6) is 0. The molecular weight excluding hydrogens is 208 g/mol. The maximum atomic E-state index is 12.2. The van der Waals surface area contributed by atoms with Crippen molar-refractivity contribution < 1.29 is 8.78 Å². The maximum Gasteiger partial charge on any atom is 0.291 e. The van der Waals surface area contributed by atoms with Gasteiger partial charge in [-0.15, -0.1) is 10.2 Å². The second-order valence-electron chi connectivity index (χ2n) is 3.37. The van der Waals surface area contributed by atoms with E-state index in [2.05, 4.69) is 15.5 Å². The lowest BCUT2D eigenvalue weighted by Crippen LogP contribution is -2.13. The Morgan fingerprint density at radius 1 is 1.29 bits per heavy atom. The molecule has 0 saturated heterocycles. The molecule has 14 heavy (non-hydrogen) atoms. The summed E-state index contributed by atoms with van der Waals surface area (Å²) in [7, 11) is 0. The number of aromatic nitrogens is 2. The molecule has 0 aliphatic heterocycles. The Kier molecular flexibility index (Phi) is 2.90. The molecule has 1 N–H and O–H groups in total. The summed E-state index contributed by atoms with van der Waals surface area (Å²) in [6.07, 6.45) is 2.11. The number of hydrogen-bond acceptors (Lipinski definition) is 4. The van der Waals surface area contributed by atoms with E-state index in [1.54, 1.807) is 0 Å². The van der Waals surface area contributed by atoms with E-state index >= 15 is 0 Å². The summed E-state index contributed by atoms with van der Waals surface area (Å²) in [6, 6.07) is 0.397. The van der Waals surface area contributed by atoms with Gasteiger partial charge in [0.25, 0.3) is 6.43 Å². The first-order valence-electron chi connectivity index (χ1n) is 4.64. The highest BCUT2D eigenvalue weighted by Crippen LogP contribution is 2.28. The fourth-order valence-electron chi connectivity index (χ4n) is 1.63. The van der Waals surface area contributed by atoms with E-state index in [1.165, 1.54) is 12.8 Å². The number of halogens is 2. The Balaban J connectivity index is 1.95. The van der Waals surface area contributed by atoms with Crippen LogP contribution in [0, 0.1) is 0 Å². The second-order valence-corrected chi connectivity index (χ2v) is 4.38. The molecule has 0 unspecified atom stereocenters. The number of anilines is 1. The summed E-state index contributed by atoms with van der Waals surface area (Å²) in [5, 5.41) is 10.5. The van der Waals surface area contributed by atoms with Crippen molar-refractivity contribution in [2.75, 3.05) is 5.32 Å². The average Bonchev–Trinajstić information content (AvgIpc) is 2.75. The molecule has 0 atom stereocenters. The van der Waals surface area contributed by atoms with Crippen molar-refractivity contribution >= 4 is 16.5 Å². The van der Waals surface area contributed by atoms with E-state index in [0.717, 1.165) is 24.2 Å².